The molecule has 0 radical (unpaired) electrons. The number of methoxy groups -OCH3 is 1. The fraction of sp³-hybridized carbons (Fsp3) is 0.533. The third-order valence-corrected chi connectivity index (χ3v) is 4.27. The number of rotatable bonds is 5. The van der Waals surface area contributed by atoms with Gasteiger partial charge in [-0.25, -0.2) is 0 Å². The van der Waals surface area contributed by atoms with Crippen LogP contribution in [-0.2, 0) is 4.74 Å². The SMILES string of the molecule is COc1ccc(Br)c(C(=O)N2CCC(OCCO)CC2)c1. The van der Waals surface area contributed by atoms with Crippen LogP contribution in [0.5, 0.6) is 5.75 Å². The first-order valence-corrected chi connectivity index (χ1v) is 7.80. The number of piperidine rings is 1. The molecule has 0 aliphatic carbocycles. The van der Waals surface area contributed by atoms with Crippen LogP contribution in [0.2, 0.25) is 0 Å². The van der Waals surface area contributed by atoms with Gasteiger partial charge in [0.05, 0.1) is 32.0 Å². The van der Waals surface area contributed by atoms with E-state index in [1.165, 1.54) is 0 Å². The molecule has 1 N–H and O–H groups in total. The van der Waals surface area contributed by atoms with Gasteiger partial charge in [0.15, 0.2) is 0 Å². The number of benzene rings is 1. The van der Waals surface area contributed by atoms with Crippen molar-refractivity contribution in [1.82, 2.24) is 4.90 Å². The van der Waals surface area contributed by atoms with Gasteiger partial charge in [0.25, 0.3) is 5.91 Å². The number of carbonyl (C=O) groups is 1. The van der Waals surface area contributed by atoms with Crippen LogP contribution in [-0.4, -0.2) is 55.4 Å². The smallest absolute Gasteiger partial charge is 0.255 e. The fourth-order valence-electron chi connectivity index (χ4n) is 2.41. The van der Waals surface area contributed by atoms with Crippen molar-refractivity contribution in [1.29, 1.82) is 0 Å². The Kier molecular flexibility index (Phi) is 6.02. The normalized spacial score (nSPS) is 16.0. The molecule has 0 atom stereocenters. The second-order valence-corrected chi connectivity index (χ2v) is 5.79. The first-order chi connectivity index (χ1) is 10.2. The third kappa shape index (κ3) is 4.18. The predicted molar refractivity (Wildman–Crippen MR) is 82.7 cm³/mol. The van der Waals surface area contributed by atoms with Crippen LogP contribution in [0.4, 0.5) is 0 Å². The first-order valence-electron chi connectivity index (χ1n) is 7.01. The summed E-state index contributed by atoms with van der Waals surface area (Å²) in [5.41, 5.74) is 0.615. The number of halogens is 1. The average Bonchev–Trinajstić information content (AvgIpc) is 2.53. The number of amides is 1. The van der Waals surface area contributed by atoms with E-state index in [0.29, 0.717) is 31.0 Å². The van der Waals surface area contributed by atoms with Gasteiger partial charge in [-0.2, -0.15) is 0 Å². The largest absolute Gasteiger partial charge is 0.497 e. The maximum absolute atomic E-state index is 12.6. The average molecular weight is 358 g/mol. The molecule has 0 spiro atoms. The van der Waals surface area contributed by atoms with Crippen LogP contribution >= 0.6 is 15.9 Å². The Morgan fingerprint density at radius 1 is 1.43 bits per heavy atom. The minimum atomic E-state index is 0.00128. The Morgan fingerprint density at radius 3 is 2.76 bits per heavy atom. The molecule has 6 heteroatoms. The molecule has 2 rings (SSSR count). The van der Waals surface area contributed by atoms with Crippen LogP contribution in [0.1, 0.15) is 23.2 Å². The molecule has 116 valence electrons. The topological polar surface area (TPSA) is 59.0 Å². The van der Waals surface area contributed by atoms with Gasteiger partial charge in [-0.15, -0.1) is 0 Å². The lowest BCUT2D eigenvalue weighted by Crippen LogP contribution is -2.41. The van der Waals surface area contributed by atoms with Crippen molar-refractivity contribution in [2.24, 2.45) is 0 Å². The van der Waals surface area contributed by atoms with Crippen molar-refractivity contribution >= 4 is 21.8 Å². The quantitative estimate of drug-likeness (QED) is 0.876. The number of aliphatic hydroxyl groups excluding tert-OH is 1. The van der Waals surface area contributed by atoms with Gasteiger partial charge in [0, 0.05) is 17.6 Å². The molecule has 1 heterocycles. The first kappa shape index (κ1) is 16.3. The van der Waals surface area contributed by atoms with Crippen molar-refractivity contribution in [2.45, 2.75) is 18.9 Å². The molecule has 5 nitrogen and oxygen atoms in total. The van der Waals surface area contributed by atoms with E-state index >= 15 is 0 Å². The summed E-state index contributed by atoms with van der Waals surface area (Å²) in [6, 6.07) is 5.39. The van der Waals surface area contributed by atoms with Gasteiger partial charge >= 0.3 is 0 Å². The number of nitrogens with zero attached hydrogens (tertiary/aromatic N) is 1. The molecule has 0 saturated carbocycles. The van der Waals surface area contributed by atoms with Crippen LogP contribution in [0.3, 0.4) is 0 Å². The summed E-state index contributed by atoms with van der Waals surface area (Å²) in [4.78, 5) is 14.4. The molecule has 21 heavy (non-hydrogen) atoms. The molecule has 0 aromatic heterocycles. The summed E-state index contributed by atoms with van der Waals surface area (Å²) in [7, 11) is 1.58. The van der Waals surface area contributed by atoms with Gasteiger partial charge < -0.3 is 19.5 Å². The Labute approximate surface area is 133 Å². The van der Waals surface area contributed by atoms with Crippen molar-refractivity contribution in [3.63, 3.8) is 0 Å². The number of hydrogen-bond acceptors (Lipinski definition) is 4. The lowest BCUT2D eigenvalue weighted by atomic mass is 10.1. The summed E-state index contributed by atoms with van der Waals surface area (Å²) < 4.78 is 11.5. The van der Waals surface area contributed by atoms with E-state index in [1.807, 2.05) is 17.0 Å². The van der Waals surface area contributed by atoms with E-state index < -0.39 is 0 Å². The van der Waals surface area contributed by atoms with Gasteiger partial charge in [-0.1, -0.05) is 0 Å². The van der Waals surface area contributed by atoms with Crippen molar-refractivity contribution in [3.05, 3.63) is 28.2 Å². The molecule has 1 aliphatic heterocycles. The Balaban J connectivity index is 1.98. The number of aliphatic hydroxyl groups is 1. The van der Waals surface area contributed by atoms with Crippen LogP contribution < -0.4 is 4.74 Å². The number of likely N-dealkylation sites (tertiary alicyclic amines) is 1. The minimum Gasteiger partial charge on any atom is -0.497 e. The standard InChI is InChI=1S/C15H20BrNO4/c1-20-12-2-3-14(16)13(10-12)15(19)17-6-4-11(5-7-17)21-9-8-18/h2-3,10-11,18H,4-9H2,1H3. The molecule has 0 unspecified atom stereocenters. The zero-order valence-corrected chi connectivity index (χ0v) is 13.6. The van der Waals surface area contributed by atoms with Crippen molar-refractivity contribution in [3.8, 4) is 5.75 Å². The second-order valence-electron chi connectivity index (χ2n) is 4.93. The van der Waals surface area contributed by atoms with E-state index in [-0.39, 0.29) is 18.6 Å². The lowest BCUT2D eigenvalue weighted by Gasteiger charge is -2.32. The summed E-state index contributed by atoms with van der Waals surface area (Å²) in [6.45, 7) is 1.73. The highest BCUT2D eigenvalue weighted by Gasteiger charge is 2.25. The lowest BCUT2D eigenvalue weighted by molar-refractivity contribution is -0.00556. The molecule has 1 aromatic carbocycles. The Hall–Kier alpha value is -1.11. The molecular formula is C15H20BrNO4. The van der Waals surface area contributed by atoms with E-state index in [2.05, 4.69) is 15.9 Å². The zero-order chi connectivity index (χ0) is 15.2. The molecular weight excluding hydrogens is 338 g/mol. The monoisotopic (exact) mass is 357 g/mol. The van der Waals surface area contributed by atoms with Crippen molar-refractivity contribution < 1.29 is 19.4 Å². The second kappa shape index (κ2) is 7.77. The van der Waals surface area contributed by atoms with Gasteiger partial charge in [-0.3, -0.25) is 4.79 Å². The highest BCUT2D eigenvalue weighted by molar-refractivity contribution is 9.10. The van der Waals surface area contributed by atoms with Gasteiger partial charge in [0.2, 0.25) is 0 Å². The van der Waals surface area contributed by atoms with Crippen LogP contribution in [0, 0.1) is 0 Å². The molecule has 1 amide bonds. The Bertz CT molecular complexity index is 487. The summed E-state index contributed by atoms with van der Waals surface area (Å²) in [5.74, 6) is 0.670. The van der Waals surface area contributed by atoms with E-state index in [1.54, 1.807) is 13.2 Å². The summed E-state index contributed by atoms with van der Waals surface area (Å²) >= 11 is 3.42. The minimum absolute atomic E-state index is 0.00128. The van der Waals surface area contributed by atoms with Crippen molar-refractivity contribution in [2.75, 3.05) is 33.4 Å². The highest BCUT2D eigenvalue weighted by Crippen LogP contribution is 2.25. The number of hydrogen-bond donors (Lipinski definition) is 1. The number of carbonyl (C=O) groups excluding carboxylic acids is 1. The van der Waals surface area contributed by atoms with E-state index in [0.717, 1.165) is 17.3 Å². The summed E-state index contributed by atoms with van der Waals surface area (Å²) in [5, 5.41) is 8.76. The molecule has 1 aliphatic rings. The third-order valence-electron chi connectivity index (χ3n) is 3.58. The maximum Gasteiger partial charge on any atom is 0.255 e. The Morgan fingerprint density at radius 2 is 2.14 bits per heavy atom. The van der Waals surface area contributed by atoms with Crippen LogP contribution in [0.25, 0.3) is 0 Å². The van der Waals surface area contributed by atoms with Gasteiger partial charge in [-0.05, 0) is 47.0 Å². The molecule has 1 fully saturated rings. The number of ether oxygens (including phenoxy) is 2. The van der Waals surface area contributed by atoms with E-state index in [9.17, 15) is 4.79 Å². The predicted octanol–water partition coefficient (Wildman–Crippen LogP) is 2.07. The van der Waals surface area contributed by atoms with Gasteiger partial charge in [0.1, 0.15) is 5.75 Å². The van der Waals surface area contributed by atoms with Crippen LogP contribution in [0.15, 0.2) is 22.7 Å². The molecule has 0 bridgehead atoms. The molecule has 1 saturated heterocycles. The van der Waals surface area contributed by atoms with E-state index in [4.69, 9.17) is 14.6 Å². The fourth-order valence-corrected chi connectivity index (χ4v) is 2.83. The zero-order valence-electron chi connectivity index (χ0n) is 12.0. The summed E-state index contributed by atoms with van der Waals surface area (Å²) in [6.07, 6.45) is 1.73. The molecule has 1 aromatic rings. The highest BCUT2D eigenvalue weighted by atomic mass is 79.9. The maximum atomic E-state index is 12.6.